The largest absolute Gasteiger partial charge is 0.310 e. The molecule has 1 unspecified atom stereocenters. The van der Waals surface area contributed by atoms with Crippen molar-refractivity contribution in [2.45, 2.75) is 26.2 Å². The summed E-state index contributed by atoms with van der Waals surface area (Å²) < 4.78 is 2.42. The SMILES string of the molecule is CC1CC(c2ccccc2)=CC=C1c1ccc(N(c2ccccc2)c2ccc3c4ccccc4n(-c4ccc(C5=CC=CCC5)cc4)c3c2)cc1. The minimum absolute atomic E-state index is 0.441. The van der Waals surface area contributed by atoms with E-state index in [4.69, 9.17) is 0 Å². The molecule has 2 aliphatic carbocycles. The van der Waals surface area contributed by atoms with Crippen LogP contribution in [0.5, 0.6) is 0 Å². The van der Waals surface area contributed by atoms with E-state index in [2.05, 4.69) is 198 Å². The summed E-state index contributed by atoms with van der Waals surface area (Å²) in [5, 5.41) is 2.52. The Morgan fingerprint density at radius 2 is 1.18 bits per heavy atom. The van der Waals surface area contributed by atoms with Gasteiger partial charge in [-0.15, -0.1) is 0 Å². The first kappa shape index (κ1) is 30.9. The average Bonchev–Trinajstić information content (AvgIpc) is 3.53. The van der Waals surface area contributed by atoms with E-state index in [1.807, 2.05) is 0 Å². The second kappa shape index (κ2) is 13.3. The van der Waals surface area contributed by atoms with Gasteiger partial charge in [0.2, 0.25) is 0 Å². The van der Waals surface area contributed by atoms with Gasteiger partial charge in [0.1, 0.15) is 0 Å². The average molecular weight is 657 g/mol. The summed E-state index contributed by atoms with van der Waals surface area (Å²) in [6.07, 6.45) is 14.5. The monoisotopic (exact) mass is 656 g/mol. The molecule has 0 spiro atoms. The smallest absolute Gasteiger partial charge is 0.0561 e. The van der Waals surface area contributed by atoms with Gasteiger partial charge in [-0.3, -0.25) is 0 Å². The molecule has 0 bridgehead atoms. The fourth-order valence-corrected chi connectivity index (χ4v) is 7.98. The Morgan fingerprint density at radius 3 is 1.92 bits per heavy atom. The lowest BCUT2D eigenvalue weighted by Crippen LogP contribution is -2.10. The number of nitrogens with zero attached hydrogens (tertiary/aromatic N) is 2. The van der Waals surface area contributed by atoms with E-state index in [0.717, 1.165) is 36.3 Å². The number of allylic oxidation sites excluding steroid dienone is 8. The molecule has 0 N–H and O–H groups in total. The summed E-state index contributed by atoms with van der Waals surface area (Å²) in [6, 6.07) is 55.5. The molecule has 0 aliphatic heterocycles. The van der Waals surface area contributed by atoms with Crippen LogP contribution in [0.1, 0.15) is 42.9 Å². The topological polar surface area (TPSA) is 8.17 Å². The molecule has 0 amide bonds. The van der Waals surface area contributed by atoms with Crippen molar-refractivity contribution in [1.82, 2.24) is 4.57 Å². The second-order valence-corrected chi connectivity index (χ2v) is 13.8. The highest BCUT2D eigenvalue weighted by molar-refractivity contribution is 6.10. The van der Waals surface area contributed by atoms with Crippen molar-refractivity contribution in [1.29, 1.82) is 0 Å². The third-order valence-corrected chi connectivity index (χ3v) is 10.6. The van der Waals surface area contributed by atoms with Gasteiger partial charge in [0.15, 0.2) is 0 Å². The lowest BCUT2D eigenvalue weighted by molar-refractivity contribution is 0.771. The maximum Gasteiger partial charge on any atom is 0.0561 e. The number of fused-ring (bicyclic) bond motifs is 3. The van der Waals surface area contributed by atoms with Crippen LogP contribution < -0.4 is 4.90 Å². The van der Waals surface area contributed by atoms with Crippen LogP contribution in [-0.4, -0.2) is 4.57 Å². The summed E-state index contributed by atoms with van der Waals surface area (Å²) in [4.78, 5) is 2.38. The predicted octanol–water partition coefficient (Wildman–Crippen LogP) is 13.5. The molecule has 2 aliphatic rings. The number of hydrogen-bond donors (Lipinski definition) is 0. The van der Waals surface area contributed by atoms with E-state index in [1.54, 1.807) is 0 Å². The van der Waals surface area contributed by atoms with E-state index >= 15 is 0 Å². The van der Waals surface area contributed by atoms with Gasteiger partial charge in [0.25, 0.3) is 0 Å². The van der Waals surface area contributed by atoms with Gasteiger partial charge >= 0.3 is 0 Å². The Kier molecular flexibility index (Phi) is 8.06. The maximum atomic E-state index is 2.42. The standard InChI is InChI=1S/C49H40N2/c1-35-33-40(37-15-7-3-8-16-37)25-31-45(35)39-23-28-42(29-24-39)50(41-17-9-4-10-18-41)44-30-32-47-46-19-11-12-20-48(46)51(49(47)34-44)43-26-21-38(22-27-43)36-13-5-2-6-14-36/h2-5,7-13,15-32,34-35H,6,14,33H2,1H3. The van der Waals surface area contributed by atoms with Crippen LogP contribution in [0.2, 0.25) is 0 Å². The van der Waals surface area contributed by atoms with E-state index in [-0.39, 0.29) is 0 Å². The van der Waals surface area contributed by atoms with Crippen molar-refractivity contribution in [3.8, 4) is 5.69 Å². The minimum atomic E-state index is 0.441. The zero-order valence-corrected chi connectivity index (χ0v) is 28.9. The van der Waals surface area contributed by atoms with Crippen LogP contribution in [0, 0.1) is 5.92 Å². The molecular weight excluding hydrogens is 617 g/mol. The molecule has 6 aromatic carbocycles. The van der Waals surface area contributed by atoms with Gasteiger partial charge in [-0.05, 0) is 113 Å². The molecule has 2 heteroatoms. The first-order valence-electron chi connectivity index (χ1n) is 18.1. The van der Waals surface area contributed by atoms with E-state index in [1.165, 1.54) is 60.9 Å². The van der Waals surface area contributed by atoms with Gasteiger partial charge < -0.3 is 9.47 Å². The number of anilines is 3. The van der Waals surface area contributed by atoms with Crippen LogP contribution in [0.15, 0.2) is 182 Å². The van der Waals surface area contributed by atoms with Crippen molar-refractivity contribution >= 4 is 55.6 Å². The fourth-order valence-electron chi connectivity index (χ4n) is 7.98. The molecule has 1 atom stereocenters. The molecule has 2 nitrogen and oxygen atoms in total. The van der Waals surface area contributed by atoms with Crippen molar-refractivity contribution in [3.05, 3.63) is 199 Å². The van der Waals surface area contributed by atoms with Gasteiger partial charge in [-0.1, -0.05) is 134 Å². The highest BCUT2D eigenvalue weighted by Crippen LogP contribution is 2.41. The van der Waals surface area contributed by atoms with Gasteiger partial charge in [-0.25, -0.2) is 0 Å². The first-order valence-corrected chi connectivity index (χ1v) is 18.1. The Hall–Kier alpha value is -6.12. The highest BCUT2D eigenvalue weighted by atomic mass is 15.1. The lowest BCUT2D eigenvalue weighted by atomic mass is 9.82. The van der Waals surface area contributed by atoms with Crippen molar-refractivity contribution in [2.24, 2.45) is 5.92 Å². The summed E-state index contributed by atoms with van der Waals surface area (Å²) in [7, 11) is 0. The van der Waals surface area contributed by atoms with Crippen molar-refractivity contribution < 1.29 is 0 Å². The predicted molar refractivity (Wildman–Crippen MR) is 218 cm³/mol. The number of para-hydroxylation sites is 2. The minimum Gasteiger partial charge on any atom is -0.310 e. The summed E-state index contributed by atoms with van der Waals surface area (Å²) in [5.41, 5.74) is 15.1. The summed E-state index contributed by atoms with van der Waals surface area (Å²) in [6.45, 7) is 2.35. The Bertz CT molecular complexity index is 2470. The molecule has 0 fully saturated rings. The van der Waals surface area contributed by atoms with Gasteiger partial charge in [0, 0.05) is 33.5 Å². The quantitative estimate of drug-likeness (QED) is 0.166. The molecule has 51 heavy (non-hydrogen) atoms. The summed E-state index contributed by atoms with van der Waals surface area (Å²) in [5.74, 6) is 0.441. The van der Waals surface area contributed by atoms with Crippen molar-refractivity contribution in [2.75, 3.05) is 4.90 Å². The fraction of sp³-hybridized carbons (Fsp3) is 0.102. The molecule has 1 heterocycles. The van der Waals surface area contributed by atoms with Crippen LogP contribution in [0.25, 0.3) is 44.2 Å². The van der Waals surface area contributed by atoms with E-state index < -0.39 is 0 Å². The maximum absolute atomic E-state index is 2.42. The number of hydrogen-bond acceptors (Lipinski definition) is 1. The molecule has 1 aromatic heterocycles. The molecule has 0 saturated carbocycles. The lowest BCUT2D eigenvalue weighted by Gasteiger charge is -2.27. The van der Waals surface area contributed by atoms with Crippen LogP contribution in [0.3, 0.4) is 0 Å². The Balaban J connectivity index is 1.12. The Morgan fingerprint density at radius 1 is 0.529 bits per heavy atom. The van der Waals surface area contributed by atoms with E-state index in [0.29, 0.717) is 5.92 Å². The van der Waals surface area contributed by atoms with Gasteiger partial charge in [-0.2, -0.15) is 0 Å². The normalized spacial score (nSPS) is 15.8. The zero-order chi connectivity index (χ0) is 34.1. The molecular formula is C49H40N2. The van der Waals surface area contributed by atoms with Crippen LogP contribution >= 0.6 is 0 Å². The Labute approximate surface area is 300 Å². The molecule has 0 radical (unpaired) electrons. The molecule has 0 saturated heterocycles. The number of aromatic nitrogens is 1. The highest BCUT2D eigenvalue weighted by Gasteiger charge is 2.20. The third kappa shape index (κ3) is 5.83. The van der Waals surface area contributed by atoms with Gasteiger partial charge in [0.05, 0.1) is 11.0 Å². The van der Waals surface area contributed by atoms with Crippen molar-refractivity contribution in [3.63, 3.8) is 0 Å². The molecule has 7 aromatic rings. The second-order valence-electron chi connectivity index (χ2n) is 13.8. The summed E-state index contributed by atoms with van der Waals surface area (Å²) >= 11 is 0. The molecule has 9 rings (SSSR count). The van der Waals surface area contributed by atoms with Crippen LogP contribution in [0.4, 0.5) is 17.1 Å². The number of benzene rings is 6. The molecule has 246 valence electrons. The van der Waals surface area contributed by atoms with E-state index in [9.17, 15) is 0 Å². The number of rotatable bonds is 7. The first-order chi connectivity index (χ1) is 25.2. The zero-order valence-electron chi connectivity index (χ0n) is 28.9. The van der Waals surface area contributed by atoms with Crippen LogP contribution in [-0.2, 0) is 0 Å². The third-order valence-electron chi connectivity index (χ3n) is 10.6.